The predicted octanol–water partition coefficient (Wildman–Crippen LogP) is 2.99. The molecule has 0 bridgehead atoms. The first-order chi connectivity index (χ1) is 7.38. The molecular formula is C10H12Cl2O3S. The average Bonchev–Trinajstić information content (AvgIpc) is 2.13. The first-order valence-electron chi connectivity index (χ1n) is 4.70. The van der Waals surface area contributed by atoms with E-state index in [1.165, 1.54) is 0 Å². The first-order valence-corrected chi connectivity index (χ1v) is 7.55. The first kappa shape index (κ1) is 13.6. The Kier molecular flexibility index (Phi) is 4.89. The molecule has 1 aromatic rings. The highest BCUT2D eigenvalue weighted by atomic mass is 35.7. The van der Waals surface area contributed by atoms with Gasteiger partial charge in [-0.1, -0.05) is 11.6 Å². The van der Waals surface area contributed by atoms with E-state index in [4.69, 9.17) is 27.0 Å². The van der Waals surface area contributed by atoms with Crippen molar-refractivity contribution in [2.45, 2.75) is 13.3 Å². The fraction of sp³-hybridized carbons (Fsp3) is 0.400. The molecule has 0 aromatic heterocycles. The summed E-state index contributed by atoms with van der Waals surface area (Å²) in [5.74, 6) is 0.623. The van der Waals surface area contributed by atoms with Gasteiger partial charge in [-0.25, -0.2) is 8.42 Å². The fourth-order valence-corrected chi connectivity index (χ4v) is 2.20. The normalized spacial score (nSPS) is 11.4. The number of aryl methyl sites for hydroxylation is 1. The standard InChI is InChI=1S/C10H12Cl2O3S/c1-8-7-9(11)3-4-10(8)15-5-2-6-16(12,13)14/h3-4,7H,2,5-6H2,1H3. The number of halogens is 2. The predicted molar refractivity (Wildman–Crippen MR) is 65.9 cm³/mol. The lowest BCUT2D eigenvalue weighted by atomic mass is 10.2. The highest BCUT2D eigenvalue weighted by Crippen LogP contribution is 2.21. The van der Waals surface area contributed by atoms with Crippen molar-refractivity contribution in [3.05, 3.63) is 28.8 Å². The zero-order valence-electron chi connectivity index (χ0n) is 8.74. The minimum atomic E-state index is -3.42. The van der Waals surface area contributed by atoms with E-state index in [0.717, 1.165) is 5.56 Å². The Labute approximate surface area is 105 Å². The summed E-state index contributed by atoms with van der Waals surface area (Å²) < 4.78 is 26.7. The van der Waals surface area contributed by atoms with E-state index in [9.17, 15) is 8.42 Å². The van der Waals surface area contributed by atoms with Crippen molar-refractivity contribution < 1.29 is 13.2 Å². The number of benzene rings is 1. The van der Waals surface area contributed by atoms with Crippen LogP contribution in [-0.2, 0) is 9.05 Å². The van der Waals surface area contributed by atoms with Crippen molar-refractivity contribution in [1.82, 2.24) is 0 Å². The van der Waals surface area contributed by atoms with Crippen molar-refractivity contribution in [1.29, 1.82) is 0 Å². The minimum absolute atomic E-state index is 0.0821. The molecule has 0 N–H and O–H groups in total. The van der Waals surface area contributed by atoms with Crippen LogP contribution < -0.4 is 4.74 Å². The van der Waals surface area contributed by atoms with E-state index < -0.39 is 9.05 Å². The van der Waals surface area contributed by atoms with Gasteiger partial charge in [-0.3, -0.25) is 0 Å². The third-order valence-electron chi connectivity index (χ3n) is 1.93. The summed E-state index contributed by atoms with van der Waals surface area (Å²) in [5, 5.41) is 0.646. The maximum atomic E-state index is 10.6. The minimum Gasteiger partial charge on any atom is -0.493 e. The topological polar surface area (TPSA) is 43.4 Å². The quantitative estimate of drug-likeness (QED) is 0.616. The summed E-state index contributed by atoms with van der Waals surface area (Å²) in [6.07, 6.45) is 0.369. The molecule has 0 aliphatic rings. The second kappa shape index (κ2) is 5.75. The highest BCUT2D eigenvalue weighted by molar-refractivity contribution is 8.13. The van der Waals surface area contributed by atoms with Crippen LogP contribution in [0.2, 0.25) is 5.02 Å². The Morgan fingerprint density at radius 3 is 2.62 bits per heavy atom. The summed E-state index contributed by atoms with van der Waals surface area (Å²) in [7, 11) is 1.64. The molecule has 1 aromatic carbocycles. The lowest BCUT2D eigenvalue weighted by Gasteiger charge is -2.08. The van der Waals surface area contributed by atoms with E-state index in [-0.39, 0.29) is 5.75 Å². The molecule has 6 heteroatoms. The van der Waals surface area contributed by atoms with Gasteiger partial charge in [0.1, 0.15) is 5.75 Å². The Morgan fingerprint density at radius 2 is 2.06 bits per heavy atom. The third kappa shape index (κ3) is 5.05. The lowest BCUT2D eigenvalue weighted by molar-refractivity contribution is 0.316. The lowest BCUT2D eigenvalue weighted by Crippen LogP contribution is -2.05. The van der Waals surface area contributed by atoms with E-state index >= 15 is 0 Å². The van der Waals surface area contributed by atoms with E-state index in [1.54, 1.807) is 18.2 Å². The Bertz CT molecular complexity index is 457. The molecule has 0 atom stereocenters. The Morgan fingerprint density at radius 1 is 1.38 bits per heavy atom. The molecule has 0 radical (unpaired) electrons. The van der Waals surface area contributed by atoms with E-state index in [0.29, 0.717) is 23.8 Å². The highest BCUT2D eigenvalue weighted by Gasteiger charge is 2.05. The molecule has 0 fully saturated rings. The van der Waals surface area contributed by atoms with E-state index in [1.807, 2.05) is 6.92 Å². The molecule has 3 nitrogen and oxygen atoms in total. The van der Waals surface area contributed by atoms with Crippen LogP contribution in [0.4, 0.5) is 0 Å². The van der Waals surface area contributed by atoms with Crippen LogP contribution in [0.5, 0.6) is 5.75 Å². The molecule has 0 heterocycles. The van der Waals surface area contributed by atoms with Gasteiger partial charge in [0.2, 0.25) is 9.05 Å². The molecule has 0 unspecified atom stereocenters. The van der Waals surface area contributed by atoms with Gasteiger partial charge < -0.3 is 4.74 Å². The Hall–Kier alpha value is -0.450. The molecule has 0 aliphatic heterocycles. The van der Waals surface area contributed by atoms with Crippen LogP contribution in [0.15, 0.2) is 18.2 Å². The van der Waals surface area contributed by atoms with Gasteiger partial charge in [0, 0.05) is 15.7 Å². The molecule has 0 saturated carbocycles. The van der Waals surface area contributed by atoms with Crippen LogP contribution >= 0.6 is 22.3 Å². The van der Waals surface area contributed by atoms with Gasteiger partial charge in [0.05, 0.1) is 12.4 Å². The summed E-state index contributed by atoms with van der Waals surface area (Å²) in [6.45, 7) is 2.19. The molecular weight excluding hydrogens is 271 g/mol. The number of rotatable bonds is 5. The molecule has 0 amide bonds. The van der Waals surface area contributed by atoms with Crippen molar-refractivity contribution in [2.24, 2.45) is 0 Å². The van der Waals surface area contributed by atoms with Crippen molar-refractivity contribution >= 4 is 31.3 Å². The second-order valence-corrected chi connectivity index (χ2v) is 6.69. The average molecular weight is 283 g/mol. The van der Waals surface area contributed by atoms with Crippen molar-refractivity contribution in [3.63, 3.8) is 0 Å². The molecule has 0 spiro atoms. The fourth-order valence-electron chi connectivity index (χ4n) is 1.19. The van der Waals surface area contributed by atoms with Crippen LogP contribution in [0.3, 0.4) is 0 Å². The van der Waals surface area contributed by atoms with Crippen LogP contribution in [-0.4, -0.2) is 20.8 Å². The largest absolute Gasteiger partial charge is 0.493 e. The third-order valence-corrected chi connectivity index (χ3v) is 3.40. The summed E-state index contributed by atoms with van der Waals surface area (Å²) in [4.78, 5) is 0. The van der Waals surface area contributed by atoms with Crippen LogP contribution in [0.25, 0.3) is 0 Å². The molecule has 16 heavy (non-hydrogen) atoms. The van der Waals surface area contributed by atoms with Gasteiger partial charge in [0.15, 0.2) is 0 Å². The maximum Gasteiger partial charge on any atom is 0.232 e. The van der Waals surface area contributed by atoms with Gasteiger partial charge in [0.25, 0.3) is 0 Å². The molecule has 90 valence electrons. The van der Waals surface area contributed by atoms with Gasteiger partial charge >= 0.3 is 0 Å². The van der Waals surface area contributed by atoms with Gasteiger partial charge in [-0.05, 0) is 37.1 Å². The van der Waals surface area contributed by atoms with Crippen LogP contribution in [0.1, 0.15) is 12.0 Å². The zero-order chi connectivity index (χ0) is 12.2. The maximum absolute atomic E-state index is 10.6. The smallest absolute Gasteiger partial charge is 0.232 e. The SMILES string of the molecule is Cc1cc(Cl)ccc1OCCCS(=O)(=O)Cl. The van der Waals surface area contributed by atoms with Gasteiger partial charge in [-0.2, -0.15) is 0 Å². The monoisotopic (exact) mass is 282 g/mol. The summed E-state index contributed by atoms with van der Waals surface area (Å²) >= 11 is 5.79. The number of hydrogen-bond acceptors (Lipinski definition) is 3. The zero-order valence-corrected chi connectivity index (χ0v) is 11.1. The molecule has 1 rings (SSSR count). The summed E-state index contributed by atoms with van der Waals surface area (Å²) in [6, 6.07) is 5.27. The van der Waals surface area contributed by atoms with Crippen molar-refractivity contribution in [3.8, 4) is 5.75 Å². The number of hydrogen-bond donors (Lipinski definition) is 0. The molecule has 0 saturated heterocycles. The van der Waals surface area contributed by atoms with E-state index in [2.05, 4.69) is 0 Å². The number of ether oxygens (including phenoxy) is 1. The van der Waals surface area contributed by atoms with Crippen molar-refractivity contribution in [2.75, 3.05) is 12.4 Å². The summed E-state index contributed by atoms with van der Waals surface area (Å²) in [5.41, 5.74) is 0.918. The van der Waals surface area contributed by atoms with Crippen LogP contribution in [0, 0.1) is 6.92 Å². The Balaban J connectivity index is 2.43. The van der Waals surface area contributed by atoms with Gasteiger partial charge in [-0.15, -0.1) is 0 Å². The molecule has 0 aliphatic carbocycles. The second-order valence-electron chi connectivity index (χ2n) is 3.35.